The standard InChI is InChI=1S/C22H19ClN2/c1-16(21(24)17-8-4-2-5-9-17)22(18-12-14-19(23)15-13-18)25-20-10-6-3-7-11-20/h2-15H,24H2,1H3/b21-16-,25-22?. The lowest BCUT2D eigenvalue weighted by Gasteiger charge is -2.12. The number of para-hydroxylation sites is 1. The molecule has 0 aliphatic carbocycles. The lowest BCUT2D eigenvalue weighted by molar-refractivity contribution is 1.41. The maximum absolute atomic E-state index is 6.43. The SMILES string of the molecule is C/C(C(=Nc1ccccc1)c1ccc(Cl)cc1)=C(/N)c1ccccc1. The van der Waals surface area contributed by atoms with Gasteiger partial charge >= 0.3 is 0 Å². The average Bonchev–Trinajstić information content (AvgIpc) is 2.67. The van der Waals surface area contributed by atoms with E-state index in [1.807, 2.05) is 91.9 Å². The zero-order valence-corrected chi connectivity index (χ0v) is 14.7. The van der Waals surface area contributed by atoms with Crippen LogP contribution in [0.4, 0.5) is 5.69 Å². The zero-order valence-electron chi connectivity index (χ0n) is 14.0. The molecule has 3 rings (SSSR count). The molecule has 2 N–H and O–H groups in total. The van der Waals surface area contributed by atoms with Crippen molar-refractivity contribution in [3.8, 4) is 0 Å². The zero-order chi connectivity index (χ0) is 17.6. The molecule has 0 atom stereocenters. The van der Waals surface area contributed by atoms with E-state index < -0.39 is 0 Å². The molecule has 0 unspecified atom stereocenters. The molecule has 0 fully saturated rings. The third kappa shape index (κ3) is 4.17. The van der Waals surface area contributed by atoms with Gasteiger partial charge in [-0.3, -0.25) is 0 Å². The molecular formula is C22H19ClN2. The van der Waals surface area contributed by atoms with Crippen LogP contribution in [0.1, 0.15) is 18.1 Å². The minimum atomic E-state index is 0.695. The maximum Gasteiger partial charge on any atom is 0.0759 e. The van der Waals surface area contributed by atoms with E-state index in [-0.39, 0.29) is 0 Å². The fourth-order valence-electron chi connectivity index (χ4n) is 2.57. The lowest BCUT2D eigenvalue weighted by atomic mass is 9.98. The molecule has 0 amide bonds. The number of halogens is 1. The molecule has 0 bridgehead atoms. The Balaban J connectivity index is 2.14. The van der Waals surface area contributed by atoms with Gasteiger partial charge in [-0.25, -0.2) is 4.99 Å². The average molecular weight is 347 g/mol. The highest BCUT2D eigenvalue weighted by Crippen LogP contribution is 2.22. The molecule has 124 valence electrons. The summed E-state index contributed by atoms with van der Waals surface area (Å²) in [6.45, 7) is 2.00. The summed E-state index contributed by atoms with van der Waals surface area (Å²) >= 11 is 6.04. The molecule has 0 heterocycles. The molecule has 3 aromatic carbocycles. The van der Waals surface area contributed by atoms with E-state index in [1.54, 1.807) is 0 Å². The Hall–Kier alpha value is -2.84. The fraction of sp³-hybridized carbons (Fsp3) is 0.0455. The molecule has 0 radical (unpaired) electrons. The number of benzene rings is 3. The van der Waals surface area contributed by atoms with Crippen LogP contribution in [-0.2, 0) is 0 Å². The number of allylic oxidation sites excluding steroid dienone is 1. The molecular weight excluding hydrogens is 328 g/mol. The van der Waals surface area contributed by atoms with E-state index in [0.717, 1.165) is 28.1 Å². The molecule has 0 spiro atoms. The van der Waals surface area contributed by atoms with Crippen LogP contribution < -0.4 is 5.73 Å². The van der Waals surface area contributed by atoms with Crippen molar-refractivity contribution in [3.63, 3.8) is 0 Å². The molecule has 0 saturated heterocycles. The molecule has 3 aromatic rings. The lowest BCUT2D eigenvalue weighted by Crippen LogP contribution is -2.09. The Bertz CT molecular complexity index is 896. The predicted octanol–water partition coefficient (Wildman–Crippen LogP) is 5.85. The minimum Gasteiger partial charge on any atom is -0.398 e. The highest BCUT2D eigenvalue weighted by atomic mass is 35.5. The van der Waals surface area contributed by atoms with Crippen molar-refractivity contribution in [1.82, 2.24) is 0 Å². The molecule has 0 aliphatic rings. The van der Waals surface area contributed by atoms with Gasteiger partial charge in [0.05, 0.1) is 11.4 Å². The minimum absolute atomic E-state index is 0.695. The van der Waals surface area contributed by atoms with E-state index in [1.165, 1.54) is 0 Å². The summed E-state index contributed by atoms with van der Waals surface area (Å²) in [5.41, 5.74) is 11.8. The van der Waals surface area contributed by atoms with Gasteiger partial charge in [-0.2, -0.15) is 0 Å². The van der Waals surface area contributed by atoms with Crippen LogP contribution in [0.25, 0.3) is 5.70 Å². The predicted molar refractivity (Wildman–Crippen MR) is 107 cm³/mol. The number of nitrogens with two attached hydrogens (primary N) is 1. The second-order valence-electron chi connectivity index (χ2n) is 5.71. The van der Waals surface area contributed by atoms with Crippen LogP contribution in [-0.4, -0.2) is 5.71 Å². The second-order valence-corrected chi connectivity index (χ2v) is 6.14. The monoisotopic (exact) mass is 346 g/mol. The van der Waals surface area contributed by atoms with Gasteiger partial charge < -0.3 is 5.73 Å². The van der Waals surface area contributed by atoms with Crippen LogP contribution in [0.2, 0.25) is 5.02 Å². The summed E-state index contributed by atoms with van der Waals surface area (Å²) in [6, 6.07) is 27.5. The number of hydrogen-bond donors (Lipinski definition) is 1. The maximum atomic E-state index is 6.43. The van der Waals surface area contributed by atoms with Crippen LogP contribution in [0.3, 0.4) is 0 Å². The molecule has 2 nitrogen and oxygen atoms in total. The van der Waals surface area contributed by atoms with Gasteiger partial charge in [0.25, 0.3) is 0 Å². The number of nitrogens with zero attached hydrogens (tertiary/aromatic N) is 1. The van der Waals surface area contributed by atoms with Crippen molar-refractivity contribution in [2.24, 2.45) is 10.7 Å². The summed E-state index contributed by atoms with van der Waals surface area (Å²) in [4.78, 5) is 4.84. The first kappa shape index (κ1) is 17.0. The molecule has 0 aromatic heterocycles. The number of rotatable bonds is 4. The first-order valence-electron chi connectivity index (χ1n) is 8.07. The fourth-order valence-corrected chi connectivity index (χ4v) is 2.69. The molecule has 3 heteroatoms. The van der Waals surface area contributed by atoms with E-state index in [0.29, 0.717) is 10.7 Å². The van der Waals surface area contributed by atoms with E-state index in [9.17, 15) is 0 Å². The Morgan fingerprint density at radius 3 is 1.92 bits per heavy atom. The Morgan fingerprint density at radius 1 is 0.760 bits per heavy atom. The summed E-state index contributed by atoms with van der Waals surface area (Å²) in [5, 5.41) is 0.695. The molecule has 0 saturated carbocycles. The van der Waals surface area contributed by atoms with Gasteiger partial charge in [-0.15, -0.1) is 0 Å². The van der Waals surface area contributed by atoms with Crippen molar-refractivity contribution in [3.05, 3.63) is 107 Å². The van der Waals surface area contributed by atoms with Crippen LogP contribution in [0.15, 0.2) is 95.5 Å². The van der Waals surface area contributed by atoms with Gasteiger partial charge in [-0.05, 0) is 42.3 Å². The smallest absolute Gasteiger partial charge is 0.0759 e. The van der Waals surface area contributed by atoms with Gasteiger partial charge in [0.2, 0.25) is 0 Å². The van der Waals surface area contributed by atoms with E-state index in [2.05, 4.69) is 0 Å². The first-order chi connectivity index (χ1) is 12.1. The van der Waals surface area contributed by atoms with Gasteiger partial charge in [-0.1, -0.05) is 72.3 Å². The quantitative estimate of drug-likeness (QED) is 0.591. The van der Waals surface area contributed by atoms with Gasteiger partial charge in [0, 0.05) is 16.3 Å². The third-order valence-electron chi connectivity index (χ3n) is 3.96. The van der Waals surface area contributed by atoms with Crippen molar-refractivity contribution in [2.75, 3.05) is 0 Å². The van der Waals surface area contributed by atoms with Crippen LogP contribution in [0, 0.1) is 0 Å². The summed E-state index contributed by atoms with van der Waals surface area (Å²) in [6.07, 6.45) is 0. The van der Waals surface area contributed by atoms with Crippen molar-refractivity contribution in [1.29, 1.82) is 0 Å². The van der Waals surface area contributed by atoms with Crippen molar-refractivity contribution < 1.29 is 0 Å². The second kappa shape index (κ2) is 7.82. The highest BCUT2D eigenvalue weighted by Gasteiger charge is 2.11. The summed E-state index contributed by atoms with van der Waals surface area (Å²) < 4.78 is 0. The van der Waals surface area contributed by atoms with Gasteiger partial charge in [0.15, 0.2) is 0 Å². The van der Waals surface area contributed by atoms with Crippen molar-refractivity contribution >= 4 is 28.7 Å². The van der Waals surface area contributed by atoms with E-state index >= 15 is 0 Å². The number of hydrogen-bond acceptors (Lipinski definition) is 2. The third-order valence-corrected chi connectivity index (χ3v) is 4.21. The summed E-state index contributed by atoms with van der Waals surface area (Å²) in [7, 11) is 0. The Labute approximate surface area is 153 Å². The first-order valence-corrected chi connectivity index (χ1v) is 8.45. The van der Waals surface area contributed by atoms with E-state index in [4.69, 9.17) is 22.3 Å². The molecule has 0 aliphatic heterocycles. The topological polar surface area (TPSA) is 38.4 Å². The Kier molecular flexibility index (Phi) is 5.32. The van der Waals surface area contributed by atoms with Gasteiger partial charge in [0.1, 0.15) is 0 Å². The Morgan fingerprint density at radius 2 is 1.32 bits per heavy atom. The molecule has 25 heavy (non-hydrogen) atoms. The van der Waals surface area contributed by atoms with Crippen LogP contribution >= 0.6 is 11.6 Å². The normalized spacial score (nSPS) is 12.6. The van der Waals surface area contributed by atoms with Crippen molar-refractivity contribution in [2.45, 2.75) is 6.92 Å². The highest BCUT2D eigenvalue weighted by molar-refractivity contribution is 6.30. The number of aliphatic imine (C=N–C) groups is 1. The largest absolute Gasteiger partial charge is 0.398 e. The van der Waals surface area contributed by atoms with Crippen LogP contribution in [0.5, 0.6) is 0 Å². The summed E-state index contributed by atoms with van der Waals surface area (Å²) in [5.74, 6) is 0.